The minimum Gasteiger partial charge on any atom is -0.301 e. The largest absolute Gasteiger partial charge is 0.301 e. The highest BCUT2D eigenvalue weighted by molar-refractivity contribution is 7.98. The molecule has 0 aliphatic carbocycles. The summed E-state index contributed by atoms with van der Waals surface area (Å²) in [6, 6.07) is 14.3. The van der Waals surface area contributed by atoms with Crippen molar-refractivity contribution >= 4 is 44.9 Å². The number of hydrogen-bond acceptors (Lipinski definition) is 4. The molecule has 0 unspecified atom stereocenters. The maximum atomic E-state index is 13.9. The first-order chi connectivity index (χ1) is 12.6. The molecule has 0 amide bonds. The van der Waals surface area contributed by atoms with Gasteiger partial charge in [0.25, 0.3) is 5.56 Å². The number of nitrogens with zero attached hydrogens (tertiary/aromatic N) is 1. The SMILES string of the molecule is O=c1[nH]c(SCc2c(F)cccc2Cl)nc2scc(-c3ccccc3)c12. The highest BCUT2D eigenvalue weighted by Gasteiger charge is 2.14. The van der Waals surface area contributed by atoms with Gasteiger partial charge in [-0.15, -0.1) is 11.3 Å². The summed E-state index contributed by atoms with van der Waals surface area (Å²) in [6.45, 7) is 0. The topological polar surface area (TPSA) is 45.8 Å². The van der Waals surface area contributed by atoms with Gasteiger partial charge in [-0.1, -0.05) is 59.8 Å². The summed E-state index contributed by atoms with van der Waals surface area (Å²) in [7, 11) is 0. The zero-order valence-electron chi connectivity index (χ0n) is 13.3. The number of nitrogens with one attached hydrogen (secondary N) is 1. The van der Waals surface area contributed by atoms with E-state index in [2.05, 4.69) is 9.97 Å². The highest BCUT2D eigenvalue weighted by Crippen LogP contribution is 2.32. The van der Waals surface area contributed by atoms with Crippen LogP contribution in [0.25, 0.3) is 21.3 Å². The van der Waals surface area contributed by atoms with E-state index in [1.807, 2.05) is 35.7 Å². The second kappa shape index (κ2) is 7.23. The van der Waals surface area contributed by atoms with Crippen molar-refractivity contribution in [2.75, 3.05) is 0 Å². The minimum absolute atomic E-state index is 0.197. The van der Waals surface area contributed by atoms with Crippen LogP contribution >= 0.6 is 34.7 Å². The molecule has 0 aliphatic heterocycles. The lowest BCUT2D eigenvalue weighted by Crippen LogP contribution is -2.08. The van der Waals surface area contributed by atoms with Crippen molar-refractivity contribution in [2.24, 2.45) is 0 Å². The van der Waals surface area contributed by atoms with Gasteiger partial charge in [0.2, 0.25) is 0 Å². The molecule has 0 saturated carbocycles. The van der Waals surface area contributed by atoms with E-state index in [0.29, 0.717) is 26.0 Å². The Kier molecular flexibility index (Phi) is 4.80. The van der Waals surface area contributed by atoms with Gasteiger partial charge >= 0.3 is 0 Å². The number of rotatable bonds is 4. The summed E-state index contributed by atoms with van der Waals surface area (Å²) in [5.74, 6) is -0.0763. The van der Waals surface area contributed by atoms with Crippen molar-refractivity contribution < 1.29 is 4.39 Å². The third-order valence-electron chi connectivity index (χ3n) is 3.92. The van der Waals surface area contributed by atoms with Crippen molar-refractivity contribution in [2.45, 2.75) is 10.9 Å². The van der Waals surface area contributed by atoms with E-state index in [9.17, 15) is 9.18 Å². The lowest BCUT2D eigenvalue weighted by molar-refractivity contribution is 0.617. The zero-order valence-corrected chi connectivity index (χ0v) is 15.7. The van der Waals surface area contributed by atoms with Crippen LogP contribution in [-0.4, -0.2) is 9.97 Å². The maximum absolute atomic E-state index is 13.9. The molecular formula is C19H12ClFN2OS2. The first-order valence-electron chi connectivity index (χ1n) is 7.76. The van der Waals surface area contributed by atoms with Crippen LogP contribution in [0.3, 0.4) is 0 Å². The van der Waals surface area contributed by atoms with Gasteiger partial charge in [-0.25, -0.2) is 9.37 Å². The van der Waals surface area contributed by atoms with Crippen LogP contribution in [0.1, 0.15) is 5.56 Å². The molecule has 0 bridgehead atoms. The average molecular weight is 403 g/mol. The normalized spacial score (nSPS) is 11.2. The molecular weight excluding hydrogens is 391 g/mol. The molecule has 2 heterocycles. The highest BCUT2D eigenvalue weighted by atomic mass is 35.5. The van der Waals surface area contributed by atoms with E-state index in [0.717, 1.165) is 11.1 Å². The van der Waals surface area contributed by atoms with Crippen LogP contribution in [0.5, 0.6) is 0 Å². The summed E-state index contributed by atoms with van der Waals surface area (Å²) < 4.78 is 13.9. The molecule has 4 aromatic rings. The number of aromatic nitrogens is 2. The Morgan fingerprint density at radius 3 is 2.73 bits per heavy atom. The number of H-pyrrole nitrogens is 1. The van der Waals surface area contributed by atoms with Crippen LogP contribution in [0.2, 0.25) is 5.02 Å². The molecule has 0 spiro atoms. The Labute approximate surface area is 161 Å². The van der Waals surface area contributed by atoms with Crippen LogP contribution in [0.15, 0.2) is 63.9 Å². The Hall–Kier alpha value is -2.15. The fourth-order valence-electron chi connectivity index (χ4n) is 2.64. The average Bonchev–Trinajstić information content (AvgIpc) is 3.07. The van der Waals surface area contributed by atoms with Gasteiger partial charge in [-0.3, -0.25) is 4.79 Å². The molecule has 3 nitrogen and oxygen atoms in total. The first-order valence-corrected chi connectivity index (χ1v) is 10.0. The summed E-state index contributed by atoms with van der Waals surface area (Å²) in [5, 5.41) is 3.32. The summed E-state index contributed by atoms with van der Waals surface area (Å²) in [6.07, 6.45) is 0. The van der Waals surface area contributed by atoms with Gasteiger partial charge in [-0.05, 0) is 17.7 Å². The number of thiophene rings is 1. The quantitative estimate of drug-likeness (QED) is 0.350. The Bertz CT molecular complexity index is 1120. The Morgan fingerprint density at radius 1 is 1.15 bits per heavy atom. The minimum atomic E-state index is -0.365. The molecule has 1 N–H and O–H groups in total. The number of fused-ring (bicyclic) bond motifs is 1. The van der Waals surface area contributed by atoms with Gasteiger partial charge in [-0.2, -0.15) is 0 Å². The lowest BCUT2D eigenvalue weighted by atomic mass is 10.1. The van der Waals surface area contributed by atoms with Crippen molar-refractivity contribution in [1.82, 2.24) is 9.97 Å². The van der Waals surface area contributed by atoms with Crippen LogP contribution in [0, 0.1) is 5.82 Å². The molecule has 0 atom stereocenters. The van der Waals surface area contributed by atoms with Gasteiger partial charge < -0.3 is 4.98 Å². The fraction of sp³-hybridized carbons (Fsp3) is 0.0526. The third-order valence-corrected chi connectivity index (χ3v) is 6.05. The predicted octanol–water partition coefficient (Wildman–Crippen LogP) is 5.74. The van der Waals surface area contributed by atoms with Gasteiger partial charge in [0.15, 0.2) is 5.16 Å². The van der Waals surface area contributed by atoms with E-state index in [1.54, 1.807) is 12.1 Å². The predicted molar refractivity (Wildman–Crippen MR) is 107 cm³/mol. The van der Waals surface area contributed by atoms with Gasteiger partial charge in [0.05, 0.1) is 5.39 Å². The van der Waals surface area contributed by atoms with Crippen LogP contribution in [-0.2, 0) is 5.75 Å². The molecule has 4 rings (SSSR count). The molecule has 0 fully saturated rings. The fourth-order valence-corrected chi connectivity index (χ4v) is 4.85. The van der Waals surface area contributed by atoms with E-state index < -0.39 is 0 Å². The van der Waals surface area contributed by atoms with Crippen LogP contribution < -0.4 is 5.56 Å². The molecule has 26 heavy (non-hydrogen) atoms. The van der Waals surface area contributed by atoms with E-state index in [-0.39, 0.29) is 17.1 Å². The number of halogens is 2. The molecule has 130 valence electrons. The smallest absolute Gasteiger partial charge is 0.260 e. The third kappa shape index (κ3) is 3.28. The van der Waals surface area contributed by atoms with Crippen LogP contribution in [0.4, 0.5) is 4.39 Å². The second-order valence-electron chi connectivity index (χ2n) is 5.56. The van der Waals surface area contributed by atoms with Crippen molar-refractivity contribution in [3.05, 3.63) is 80.7 Å². The molecule has 2 aromatic heterocycles. The van der Waals surface area contributed by atoms with E-state index >= 15 is 0 Å². The standard InChI is InChI=1S/C19H12ClFN2OS2/c20-14-7-4-8-15(21)13(14)10-26-19-22-17(24)16-12(9-25-18(16)23-19)11-5-2-1-3-6-11/h1-9H,10H2,(H,22,23,24). The van der Waals surface area contributed by atoms with Crippen molar-refractivity contribution in [3.8, 4) is 11.1 Å². The van der Waals surface area contributed by atoms with Crippen molar-refractivity contribution in [3.63, 3.8) is 0 Å². The van der Waals surface area contributed by atoms with Gasteiger partial charge in [0, 0.05) is 27.3 Å². The molecule has 0 radical (unpaired) electrons. The van der Waals surface area contributed by atoms with E-state index in [4.69, 9.17) is 11.6 Å². The summed E-state index contributed by atoms with van der Waals surface area (Å²) in [4.78, 5) is 20.6. The van der Waals surface area contributed by atoms with Crippen molar-refractivity contribution in [1.29, 1.82) is 0 Å². The monoisotopic (exact) mass is 402 g/mol. The Morgan fingerprint density at radius 2 is 1.96 bits per heavy atom. The number of thioether (sulfide) groups is 1. The summed E-state index contributed by atoms with van der Waals surface area (Å²) in [5.41, 5.74) is 2.05. The Balaban J connectivity index is 1.68. The first kappa shape index (κ1) is 17.3. The lowest BCUT2D eigenvalue weighted by Gasteiger charge is -2.05. The number of benzene rings is 2. The van der Waals surface area contributed by atoms with E-state index in [1.165, 1.54) is 29.2 Å². The molecule has 0 aliphatic rings. The van der Waals surface area contributed by atoms with Gasteiger partial charge in [0.1, 0.15) is 10.6 Å². The number of aromatic amines is 1. The molecule has 7 heteroatoms. The maximum Gasteiger partial charge on any atom is 0.260 e. The molecule has 2 aromatic carbocycles. The second-order valence-corrected chi connectivity index (χ2v) is 7.78. The summed E-state index contributed by atoms with van der Waals surface area (Å²) >= 11 is 8.72. The molecule has 0 saturated heterocycles. The number of hydrogen-bond donors (Lipinski definition) is 1. The zero-order chi connectivity index (χ0) is 18.1.